The van der Waals surface area contributed by atoms with Gasteiger partial charge in [-0.1, -0.05) is 0 Å². The van der Waals surface area contributed by atoms with Crippen LogP contribution in [0.5, 0.6) is 0 Å². The maximum absolute atomic E-state index is 4.13. The van der Waals surface area contributed by atoms with Gasteiger partial charge in [-0.05, 0) is 52.4 Å². The zero-order chi connectivity index (χ0) is 11.8. The number of nitrogens with zero attached hydrogens (tertiary/aromatic N) is 2. The van der Waals surface area contributed by atoms with Crippen LogP contribution in [0.2, 0.25) is 0 Å². The van der Waals surface area contributed by atoms with E-state index in [-0.39, 0.29) is 0 Å². The first-order valence-electron chi connectivity index (χ1n) is 5.70. The highest BCUT2D eigenvalue weighted by Crippen LogP contribution is 2.38. The van der Waals surface area contributed by atoms with E-state index in [1.54, 1.807) is 4.88 Å². The average molecular weight is 309 g/mol. The van der Waals surface area contributed by atoms with Gasteiger partial charge in [-0.2, -0.15) is 0 Å². The van der Waals surface area contributed by atoms with Crippen LogP contribution in [0.15, 0.2) is 34.4 Å². The van der Waals surface area contributed by atoms with Gasteiger partial charge in [0.05, 0.1) is 16.2 Å². The molecule has 0 aliphatic carbocycles. The van der Waals surface area contributed by atoms with E-state index in [0.717, 1.165) is 17.4 Å². The molecule has 0 amide bonds. The standard InChI is InChI=1S/C13H13BrN2S/c1-9-10-4-7-17-13(10)3-6-16(9)12-2-5-15-8-11(12)14/h2,4-5,7-9H,3,6H2,1H3. The molecular weight excluding hydrogens is 296 g/mol. The molecular formula is C13H13BrN2S. The highest BCUT2D eigenvalue weighted by molar-refractivity contribution is 9.10. The summed E-state index contributed by atoms with van der Waals surface area (Å²) in [7, 11) is 0. The van der Waals surface area contributed by atoms with Gasteiger partial charge in [0.2, 0.25) is 0 Å². The van der Waals surface area contributed by atoms with Crippen molar-refractivity contribution < 1.29 is 0 Å². The largest absolute Gasteiger partial charge is 0.363 e. The Hall–Kier alpha value is -0.870. The van der Waals surface area contributed by atoms with Crippen LogP contribution in [-0.2, 0) is 6.42 Å². The monoisotopic (exact) mass is 308 g/mol. The summed E-state index contributed by atoms with van der Waals surface area (Å²) in [6, 6.07) is 4.79. The smallest absolute Gasteiger partial charge is 0.0592 e. The Morgan fingerprint density at radius 3 is 3.18 bits per heavy atom. The molecule has 0 radical (unpaired) electrons. The van der Waals surface area contributed by atoms with Crippen molar-refractivity contribution in [1.82, 2.24) is 4.98 Å². The Balaban J connectivity index is 2.00. The number of fused-ring (bicyclic) bond motifs is 1. The lowest BCUT2D eigenvalue weighted by Gasteiger charge is -2.36. The maximum atomic E-state index is 4.13. The molecule has 0 N–H and O–H groups in total. The highest BCUT2D eigenvalue weighted by Gasteiger charge is 2.25. The molecule has 3 rings (SSSR count). The summed E-state index contributed by atoms with van der Waals surface area (Å²) in [6.45, 7) is 3.36. The van der Waals surface area contributed by atoms with Crippen LogP contribution in [0.3, 0.4) is 0 Å². The molecule has 88 valence electrons. The Kier molecular flexibility index (Phi) is 2.92. The summed E-state index contributed by atoms with van der Waals surface area (Å²) in [5.74, 6) is 0. The first-order valence-corrected chi connectivity index (χ1v) is 7.37. The fourth-order valence-electron chi connectivity index (χ4n) is 2.44. The van der Waals surface area contributed by atoms with E-state index in [0.29, 0.717) is 6.04 Å². The second-order valence-electron chi connectivity index (χ2n) is 4.25. The van der Waals surface area contributed by atoms with E-state index < -0.39 is 0 Å². The van der Waals surface area contributed by atoms with Crippen molar-refractivity contribution in [3.05, 3.63) is 44.8 Å². The Labute approximate surface area is 113 Å². The summed E-state index contributed by atoms with van der Waals surface area (Å²) in [5.41, 5.74) is 2.72. The number of thiophene rings is 1. The zero-order valence-corrected chi connectivity index (χ0v) is 12.0. The molecule has 0 saturated heterocycles. The fourth-order valence-corrected chi connectivity index (χ4v) is 3.88. The second kappa shape index (κ2) is 4.42. The number of aromatic nitrogens is 1. The second-order valence-corrected chi connectivity index (χ2v) is 6.10. The molecule has 1 aliphatic rings. The number of hydrogen-bond acceptors (Lipinski definition) is 3. The molecule has 0 bridgehead atoms. The number of pyridine rings is 1. The van der Waals surface area contributed by atoms with Crippen LogP contribution in [0.1, 0.15) is 23.4 Å². The van der Waals surface area contributed by atoms with E-state index in [1.807, 2.05) is 23.7 Å². The first-order chi connectivity index (χ1) is 8.27. The number of anilines is 1. The van der Waals surface area contributed by atoms with Crippen molar-refractivity contribution >= 4 is 33.0 Å². The van der Waals surface area contributed by atoms with Crippen molar-refractivity contribution in [2.75, 3.05) is 11.4 Å². The topological polar surface area (TPSA) is 16.1 Å². The molecule has 0 spiro atoms. The van der Waals surface area contributed by atoms with Gasteiger partial charge in [-0.15, -0.1) is 11.3 Å². The molecule has 0 fully saturated rings. The summed E-state index contributed by atoms with van der Waals surface area (Å²) in [4.78, 5) is 8.11. The third-order valence-electron chi connectivity index (χ3n) is 3.34. The van der Waals surface area contributed by atoms with Crippen LogP contribution >= 0.6 is 27.3 Å². The van der Waals surface area contributed by atoms with E-state index in [9.17, 15) is 0 Å². The maximum Gasteiger partial charge on any atom is 0.0592 e. The molecule has 1 aliphatic heterocycles. The average Bonchev–Trinajstić information content (AvgIpc) is 2.80. The molecule has 1 atom stereocenters. The quantitative estimate of drug-likeness (QED) is 0.790. The van der Waals surface area contributed by atoms with Gasteiger partial charge >= 0.3 is 0 Å². The highest BCUT2D eigenvalue weighted by atomic mass is 79.9. The van der Waals surface area contributed by atoms with E-state index in [2.05, 4.69) is 50.3 Å². The Morgan fingerprint density at radius 2 is 2.35 bits per heavy atom. The van der Waals surface area contributed by atoms with Crippen molar-refractivity contribution in [3.63, 3.8) is 0 Å². The van der Waals surface area contributed by atoms with Crippen molar-refractivity contribution in [3.8, 4) is 0 Å². The summed E-state index contributed by atoms with van der Waals surface area (Å²) in [5, 5.41) is 2.20. The fraction of sp³-hybridized carbons (Fsp3) is 0.308. The van der Waals surface area contributed by atoms with Gasteiger partial charge in [0.25, 0.3) is 0 Å². The lowest BCUT2D eigenvalue weighted by Crippen LogP contribution is -2.33. The van der Waals surface area contributed by atoms with Gasteiger partial charge in [-0.25, -0.2) is 0 Å². The minimum atomic E-state index is 0.448. The van der Waals surface area contributed by atoms with Gasteiger partial charge in [-0.3, -0.25) is 4.98 Å². The molecule has 2 aromatic rings. The van der Waals surface area contributed by atoms with E-state index in [4.69, 9.17) is 0 Å². The van der Waals surface area contributed by atoms with Gasteiger partial charge in [0.15, 0.2) is 0 Å². The van der Waals surface area contributed by atoms with Gasteiger partial charge < -0.3 is 4.90 Å². The normalized spacial score (nSPS) is 19.2. The molecule has 2 aromatic heterocycles. The van der Waals surface area contributed by atoms with Crippen LogP contribution in [-0.4, -0.2) is 11.5 Å². The lowest BCUT2D eigenvalue weighted by molar-refractivity contribution is 0.631. The van der Waals surface area contributed by atoms with Crippen LogP contribution in [0, 0.1) is 0 Å². The van der Waals surface area contributed by atoms with Crippen molar-refractivity contribution in [2.45, 2.75) is 19.4 Å². The Morgan fingerprint density at radius 1 is 1.47 bits per heavy atom. The molecule has 0 aromatic carbocycles. The summed E-state index contributed by atoms with van der Waals surface area (Å²) in [6.07, 6.45) is 4.87. The number of hydrogen-bond donors (Lipinski definition) is 0. The predicted octanol–water partition coefficient (Wildman–Crippen LogP) is 4.03. The SMILES string of the molecule is CC1c2ccsc2CCN1c1ccncc1Br. The van der Waals surface area contributed by atoms with Gasteiger partial charge in [0, 0.05) is 23.8 Å². The third-order valence-corrected chi connectivity index (χ3v) is 4.95. The lowest BCUT2D eigenvalue weighted by atomic mass is 10.0. The number of rotatable bonds is 1. The Bertz CT molecular complexity index is 538. The summed E-state index contributed by atoms with van der Waals surface area (Å²) < 4.78 is 1.07. The van der Waals surface area contributed by atoms with Crippen LogP contribution in [0.25, 0.3) is 0 Å². The molecule has 2 nitrogen and oxygen atoms in total. The molecule has 0 saturated carbocycles. The molecule has 4 heteroatoms. The first kappa shape index (κ1) is 11.2. The molecule has 3 heterocycles. The van der Waals surface area contributed by atoms with Crippen molar-refractivity contribution in [1.29, 1.82) is 0 Å². The minimum absolute atomic E-state index is 0.448. The van der Waals surface area contributed by atoms with E-state index >= 15 is 0 Å². The van der Waals surface area contributed by atoms with Gasteiger partial charge in [0.1, 0.15) is 0 Å². The zero-order valence-electron chi connectivity index (χ0n) is 9.56. The predicted molar refractivity (Wildman–Crippen MR) is 75.7 cm³/mol. The molecule has 1 unspecified atom stereocenters. The molecule has 17 heavy (non-hydrogen) atoms. The minimum Gasteiger partial charge on any atom is -0.363 e. The van der Waals surface area contributed by atoms with Crippen LogP contribution in [0.4, 0.5) is 5.69 Å². The van der Waals surface area contributed by atoms with E-state index in [1.165, 1.54) is 11.3 Å². The summed E-state index contributed by atoms with van der Waals surface area (Å²) >= 11 is 5.47. The third kappa shape index (κ3) is 1.89. The van der Waals surface area contributed by atoms with Crippen molar-refractivity contribution in [2.24, 2.45) is 0 Å². The van der Waals surface area contributed by atoms with Crippen LogP contribution < -0.4 is 4.90 Å². The number of halogens is 1.